The number of carbonyl (C=O) groups is 3. The van der Waals surface area contributed by atoms with Gasteiger partial charge in [0.05, 0.1) is 33.3 Å². The third-order valence-electron chi connectivity index (χ3n) is 5.78. The Morgan fingerprint density at radius 1 is 0.862 bits per heavy atom. The van der Waals surface area contributed by atoms with Gasteiger partial charge < -0.3 is 19.1 Å². The number of anilines is 1. The largest absolute Gasteiger partial charge is 0.497 e. The van der Waals surface area contributed by atoms with Crippen molar-refractivity contribution in [1.82, 2.24) is 0 Å². The van der Waals surface area contributed by atoms with Crippen molar-refractivity contribution in [2.75, 3.05) is 26.2 Å². The summed E-state index contributed by atoms with van der Waals surface area (Å²) in [4.78, 5) is 40.9. The van der Waals surface area contributed by atoms with Crippen molar-refractivity contribution in [3.05, 3.63) is 59.7 Å². The van der Waals surface area contributed by atoms with Gasteiger partial charge in [0.1, 0.15) is 17.7 Å². The van der Waals surface area contributed by atoms with Crippen molar-refractivity contribution >= 4 is 23.4 Å². The van der Waals surface area contributed by atoms with Crippen LogP contribution >= 0.6 is 0 Å². The van der Waals surface area contributed by atoms with E-state index >= 15 is 0 Å². The van der Waals surface area contributed by atoms with Gasteiger partial charge >= 0.3 is 11.9 Å². The Morgan fingerprint density at radius 3 is 2.07 bits per heavy atom. The Bertz CT molecular complexity index is 973. The van der Waals surface area contributed by atoms with Crippen LogP contribution in [0.4, 0.5) is 5.69 Å². The van der Waals surface area contributed by atoms with E-state index in [1.54, 1.807) is 18.2 Å². The van der Waals surface area contributed by atoms with Crippen LogP contribution in [0.3, 0.4) is 0 Å². The number of hydrogen-bond donors (Lipinski definition) is 0. The van der Waals surface area contributed by atoms with E-state index in [2.05, 4.69) is 0 Å². The molecule has 1 saturated heterocycles. The highest BCUT2D eigenvalue weighted by Gasteiger charge is 2.62. The van der Waals surface area contributed by atoms with Crippen LogP contribution in [-0.2, 0) is 19.1 Å². The lowest BCUT2D eigenvalue weighted by Gasteiger charge is -2.38. The first-order valence-electron chi connectivity index (χ1n) is 9.24. The highest BCUT2D eigenvalue weighted by molar-refractivity contribution is 6.10. The monoisotopic (exact) mass is 395 g/mol. The first-order valence-corrected chi connectivity index (χ1v) is 9.24. The number of nitrogens with zero attached hydrogens (tertiary/aromatic N) is 1. The maximum Gasteiger partial charge on any atom is 0.312 e. The van der Waals surface area contributed by atoms with Crippen LogP contribution in [0.25, 0.3) is 0 Å². The van der Waals surface area contributed by atoms with Gasteiger partial charge in [0.25, 0.3) is 0 Å². The summed E-state index contributed by atoms with van der Waals surface area (Å²) in [6.45, 7) is 0. The molecule has 2 aromatic carbocycles. The fourth-order valence-corrected chi connectivity index (χ4v) is 4.59. The molecule has 7 heteroatoms. The molecule has 7 nitrogen and oxygen atoms in total. The molecule has 29 heavy (non-hydrogen) atoms. The summed E-state index contributed by atoms with van der Waals surface area (Å²) in [5.41, 5.74) is 1.86. The molecule has 0 N–H and O–H groups in total. The second kappa shape index (κ2) is 7.24. The zero-order valence-corrected chi connectivity index (χ0v) is 16.3. The standard InChI is InChI=1S/C22H21NO6/c1-27-13-9-10-14-15(11-13)18-16(21(25)28-2)17(22(26)29-3)19(20(14)24)23(18)12-7-5-4-6-8-12/h4-11,16-19H,1-3H3/t16-,17-,18+,19-/m0/s1. The number of para-hydroxylation sites is 1. The lowest BCUT2D eigenvalue weighted by Crippen LogP contribution is -2.46. The van der Waals surface area contributed by atoms with E-state index in [4.69, 9.17) is 14.2 Å². The van der Waals surface area contributed by atoms with Gasteiger partial charge in [-0.25, -0.2) is 0 Å². The lowest BCUT2D eigenvalue weighted by molar-refractivity contribution is -0.156. The highest BCUT2D eigenvalue weighted by atomic mass is 16.5. The molecule has 4 atom stereocenters. The topological polar surface area (TPSA) is 82.1 Å². The summed E-state index contributed by atoms with van der Waals surface area (Å²) in [5, 5.41) is 0. The molecule has 2 aliphatic heterocycles. The second-order valence-electron chi connectivity index (χ2n) is 7.05. The van der Waals surface area contributed by atoms with Gasteiger partial charge in [0.2, 0.25) is 0 Å². The quantitative estimate of drug-likeness (QED) is 0.735. The van der Waals surface area contributed by atoms with E-state index in [1.165, 1.54) is 21.3 Å². The molecule has 0 aromatic heterocycles. The number of carbonyl (C=O) groups excluding carboxylic acids is 3. The SMILES string of the molecule is COC(=O)[C@H]1[C@H](C(=O)OC)[C@H]2c3cc(OC)ccc3C(=O)[C@H]1N2c1ccccc1. The minimum Gasteiger partial charge on any atom is -0.497 e. The van der Waals surface area contributed by atoms with E-state index in [-0.39, 0.29) is 5.78 Å². The number of ether oxygens (including phenoxy) is 3. The first-order chi connectivity index (χ1) is 14.0. The van der Waals surface area contributed by atoms with Crippen molar-refractivity contribution in [3.63, 3.8) is 0 Å². The van der Waals surface area contributed by atoms with Gasteiger partial charge in [-0.3, -0.25) is 14.4 Å². The summed E-state index contributed by atoms with van der Waals surface area (Å²) in [6.07, 6.45) is 0. The van der Waals surface area contributed by atoms with Crippen LogP contribution in [0, 0.1) is 11.8 Å². The minimum atomic E-state index is -0.983. The summed E-state index contributed by atoms with van der Waals surface area (Å²) in [6, 6.07) is 13.0. The van der Waals surface area contributed by atoms with Crippen LogP contribution < -0.4 is 9.64 Å². The molecule has 1 fully saturated rings. The predicted molar refractivity (Wildman–Crippen MR) is 104 cm³/mol. The van der Waals surface area contributed by atoms with Gasteiger partial charge in [0.15, 0.2) is 5.78 Å². The second-order valence-corrected chi connectivity index (χ2v) is 7.05. The molecule has 0 radical (unpaired) electrons. The summed E-state index contributed by atoms with van der Waals surface area (Å²) < 4.78 is 15.4. The van der Waals surface area contributed by atoms with Crippen molar-refractivity contribution < 1.29 is 28.6 Å². The van der Waals surface area contributed by atoms with Gasteiger partial charge in [-0.15, -0.1) is 0 Å². The average Bonchev–Trinajstić information content (AvgIpc) is 3.08. The third-order valence-corrected chi connectivity index (χ3v) is 5.78. The van der Waals surface area contributed by atoms with Crippen LogP contribution in [0.2, 0.25) is 0 Å². The van der Waals surface area contributed by atoms with E-state index in [1.807, 2.05) is 35.2 Å². The third kappa shape index (κ3) is 2.76. The molecule has 2 aliphatic rings. The van der Waals surface area contributed by atoms with E-state index in [9.17, 15) is 14.4 Å². The average molecular weight is 395 g/mol. The molecule has 2 heterocycles. The smallest absolute Gasteiger partial charge is 0.312 e. The Labute approximate surface area is 168 Å². The Kier molecular flexibility index (Phi) is 4.74. The number of benzene rings is 2. The Balaban J connectivity index is 1.99. The molecule has 0 spiro atoms. The van der Waals surface area contributed by atoms with Crippen molar-refractivity contribution in [2.24, 2.45) is 11.8 Å². The molecule has 0 unspecified atom stereocenters. The number of fused-ring (bicyclic) bond motifs is 4. The molecular formula is C22H21NO6. The van der Waals surface area contributed by atoms with Crippen molar-refractivity contribution in [1.29, 1.82) is 0 Å². The fourth-order valence-electron chi connectivity index (χ4n) is 4.59. The zero-order valence-electron chi connectivity index (χ0n) is 16.3. The summed E-state index contributed by atoms with van der Waals surface area (Å²) in [7, 11) is 4.07. The maximum atomic E-state index is 13.5. The van der Waals surface area contributed by atoms with Crippen LogP contribution in [-0.4, -0.2) is 45.1 Å². The molecule has 0 amide bonds. The highest BCUT2D eigenvalue weighted by Crippen LogP contribution is 2.53. The lowest BCUT2D eigenvalue weighted by atomic mass is 9.86. The number of rotatable bonds is 4. The number of ketones is 1. The Hall–Kier alpha value is -3.35. The fraction of sp³-hybridized carbons (Fsp3) is 0.318. The van der Waals surface area contributed by atoms with Crippen LogP contribution in [0.1, 0.15) is 22.0 Å². The van der Waals surface area contributed by atoms with Crippen LogP contribution in [0.5, 0.6) is 5.75 Å². The molecular weight excluding hydrogens is 374 g/mol. The summed E-state index contributed by atoms with van der Waals surface area (Å²) in [5.74, 6) is -2.71. The van der Waals surface area contributed by atoms with Crippen molar-refractivity contribution in [3.8, 4) is 5.75 Å². The predicted octanol–water partition coefficient (Wildman–Crippen LogP) is 2.40. The number of hydrogen-bond acceptors (Lipinski definition) is 7. The first kappa shape index (κ1) is 19.0. The minimum absolute atomic E-state index is 0.232. The molecule has 4 rings (SSSR count). The van der Waals surface area contributed by atoms with E-state index < -0.39 is 35.9 Å². The molecule has 0 aliphatic carbocycles. The zero-order chi connectivity index (χ0) is 20.7. The van der Waals surface area contributed by atoms with Gasteiger partial charge in [-0.1, -0.05) is 18.2 Å². The van der Waals surface area contributed by atoms with Crippen molar-refractivity contribution in [2.45, 2.75) is 12.1 Å². The molecule has 150 valence electrons. The van der Waals surface area contributed by atoms with E-state index in [0.29, 0.717) is 16.9 Å². The maximum absolute atomic E-state index is 13.5. The summed E-state index contributed by atoms with van der Waals surface area (Å²) >= 11 is 0. The van der Waals surface area contributed by atoms with Gasteiger partial charge in [-0.05, 0) is 35.9 Å². The number of Topliss-reactive ketones (excluding diaryl/α,β-unsaturated/α-hetero) is 1. The molecule has 0 saturated carbocycles. The molecule has 2 aromatic rings. The van der Waals surface area contributed by atoms with Gasteiger partial charge in [-0.2, -0.15) is 0 Å². The van der Waals surface area contributed by atoms with Gasteiger partial charge in [0, 0.05) is 11.3 Å². The van der Waals surface area contributed by atoms with E-state index in [0.717, 1.165) is 5.69 Å². The number of esters is 2. The number of methoxy groups -OCH3 is 3. The van der Waals surface area contributed by atoms with Crippen LogP contribution in [0.15, 0.2) is 48.5 Å². The normalized spacial score (nSPS) is 24.7. The molecule has 2 bridgehead atoms. The Morgan fingerprint density at radius 2 is 1.48 bits per heavy atom.